The molecule has 12 heteroatoms. The van der Waals surface area contributed by atoms with E-state index >= 15 is 0 Å². The van der Waals surface area contributed by atoms with Crippen LogP contribution in [0.1, 0.15) is 24.1 Å². The first kappa shape index (κ1) is 26.6. The molecule has 3 aromatic rings. The average molecular weight is 524 g/mol. The molecular weight excluding hydrogens is 497 g/mol. The summed E-state index contributed by atoms with van der Waals surface area (Å²) >= 11 is 1.05. The number of carbonyl (C=O) groups is 2. The summed E-state index contributed by atoms with van der Waals surface area (Å²) in [6, 6.07) is 8.03. The molecule has 0 aliphatic rings. The summed E-state index contributed by atoms with van der Waals surface area (Å²) in [6.45, 7) is 3.36. The number of hydrogen-bond acceptors (Lipinski definition) is 9. The molecule has 0 fully saturated rings. The lowest BCUT2D eigenvalue weighted by Crippen LogP contribution is -2.38. The molecule has 2 aromatic heterocycles. The number of carbonyl (C=O) groups excluding carboxylic acids is 2. The van der Waals surface area contributed by atoms with Crippen molar-refractivity contribution in [2.24, 2.45) is 5.92 Å². The van der Waals surface area contributed by atoms with Crippen molar-refractivity contribution in [2.75, 3.05) is 32.6 Å². The number of halogens is 1. The fourth-order valence-corrected chi connectivity index (χ4v) is 6.07. The number of nitrogens with zero attached hydrogens (tertiary/aromatic N) is 2. The highest BCUT2D eigenvalue weighted by atomic mass is 32.2. The van der Waals surface area contributed by atoms with Crippen molar-refractivity contribution in [2.45, 2.75) is 19.1 Å². The molecule has 0 bridgehead atoms. The van der Waals surface area contributed by atoms with Gasteiger partial charge in [0, 0.05) is 18.9 Å². The topological polar surface area (TPSA) is 125 Å². The summed E-state index contributed by atoms with van der Waals surface area (Å²) in [6.07, 6.45) is 1.39. The van der Waals surface area contributed by atoms with Crippen molar-refractivity contribution in [1.82, 2.24) is 15.3 Å². The smallest absolute Gasteiger partial charge is 0.325 e. The summed E-state index contributed by atoms with van der Waals surface area (Å²) < 4.78 is 49.8. The fourth-order valence-electron chi connectivity index (χ4n) is 3.09. The van der Waals surface area contributed by atoms with E-state index in [0.29, 0.717) is 15.8 Å². The largest absolute Gasteiger partial charge is 0.464 e. The van der Waals surface area contributed by atoms with Gasteiger partial charge in [0.25, 0.3) is 0 Å². The van der Waals surface area contributed by atoms with Gasteiger partial charge in [-0.2, -0.15) is 4.39 Å². The predicted octanol–water partition coefficient (Wildman–Crippen LogP) is 2.92. The van der Waals surface area contributed by atoms with Crippen LogP contribution in [0.15, 0.2) is 36.5 Å². The number of thiazole rings is 1. The van der Waals surface area contributed by atoms with E-state index < -0.39 is 45.2 Å². The molecule has 0 aliphatic heterocycles. The number of esters is 1. The van der Waals surface area contributed by atoms with Gasteiger partial charge in [-0.05, 0) is 35.7 Å². The van der Waals surface area contributed by atoms with Gasteiger partial charge >= 0.3 is 5.97 Å². The van der Waals surface area contributed by atoms with Gasteiger partial charge in [0.15, 0.2) is 15.1 Å². The first-order chi connectivity index (χ1) is 16.6. The van der Waals surface area contributed by atoms with Gasteiger partial charge < -0.3 is 14.8 Å². The number of rotatable bonds is 11. The molecule has 1 atom stereocenters. The lowest BCUT2D eigenvalue weighted by atomic mass is 10.1. The SMILES string of the molecule is COCCS(=O)(=O)C(C(=O)NCC(=O)OCC(C)C)c1nc2ccc(-c3ccc(F)nc3)cc2s1. The molecule has 0 saturated heterocycles. The van der Waals surface area contributed by atoms with Crippen LogP contribution in [0.5, 0.6) is 0 Å². The normalized spacial score (nSPS) is 12.6. The van der Waals surface area contributed by atoms with E-state index in [9.17, 15) is 22.4 Å². The number of fused-ring (bicyclic) bond motifs is 1. The average Bonchev–Trinajstić information content (AvgIpc) is 3.22. The van der Waals surface area contributed by atoms with Crippen molar-refractivity contribution in [1.29, 1.82) is 0 Å². The number of aromatic nitrogens is 2. The first-order valence-electron chi connectivity index (χ1n) is 10.8. The Bertz CT molecular complexity index is 1290. The van der Waals surface area contributed by atoms with Gasteiger partial charge in [0.1, 0.15) is 11.6 Å². The zero-order chi connectivity index (χ0) is 25.6. The third kappa shape index (κ3) is 7.03. The summed E-state index contributed by atoms with van der Waals surface area (Å²) in [7, 11) is -2.66. The number of methoxy groups -OCH3 is 1. The number of benzene rings is 1. The van der Waals surface area contributed by atoms with E-state index in [1.165, 1.54) is 19.4 Å². The van der Waals surface area contributed by atoms with Gasteiger partial charge in [-0.15, -0.1) is 11.3 Å². The molecule has 1 aromatic carbocycles. The van der Waals surface area contributed by atoms with Crippen LogP contribution in [0.4, 0.5) is 4.39 Å². The van der Waals surface area contributed by atoms with Crippen molar-refractivity contribution in [3.8, 4) is 11.1 Å². The molecule has 0 spiro atoms. The Morgan fingerprint density at radius 3 is 2.57 bits per heavy atom. The number of sulfone groups is 1. The minimum Gasteiger partial charge on any atom is -0.464 e. The maximum Gasteiger partial charge on any atom is 0.325 e. The van der Waals surface area contributed by atoms with Crippen molar-refractivity contribution in [3.05, 3.63) is 47.5 Å². The molecular formula is C23H26FN3O6S2. The predicted molar refractivity (Wildman–Crippen MR) is 130 cm³/mol. The van der Waals surface area contributed by atoms with E-state index in [0.717, 1.165) is 16.9 Å². The van der Waals surface area contributed by atoms with Gasteiger partial charge in [-0.25, -0.2) is 18.4 Å². The van der Waals surface area contributed by atoms with Gasteiger partial charge in [0.05, 0.1) is 29.2 Å². The maximum atomic E-state index is 13.2. The van der Waals surface area contributed by atoms with E-state index in [1.54, 1.807) is 24.3 Å². The van der Waals surface area contributed by atoms with Crippen LogP contribution in [0.3, 0.4) is 0 Å². The lowest BCUT2D eigenvalue weighted by molar-refractivity contribution is -0.144. The number of ether oxygens (including phenoxy) is 2. The van der Waals surface area contributed by atoms with Crippen LogP contribution in [0, 0.1) is 11.9 Å². The summed E-state index contributed by atoms with van der Waals surface area (Å²) in [5.41, 5.74) is 1.90. The van der Waals surface area contributed by atoms with Crippen LogP contribution in [-0.2, 0) is 28.9 Å². The molecule has 2 heterocycles. The molecule has 188 valence electrons. The first-order valence-corrected chi connectivity index (χ1v) is 13.3. The number of nitrogens with one attached hydrogen (secondary N) is 1. The highest BCUT2D eigenvalue weighted by Gasteiger charge is 2.37. The fraction of sp³-hybridized carbons (Fsp3) is 0.391. The zero-order valence-corrected chi connectivity index (χ0v) is 21.1. The summed E-state index contributed by atoms with van der Waals surface area (Å²) in [4.78, 5) is 32.9. The molecule has 1 N–H and O–H groups in total. The van der Waals surface area contributed by atoms with Crippen LogP contribution in [-0.4, -0.2) is 62.9 Å². The van der Waals surface area contributed by atoms with Crippen LogP contribution in [0.2, 0.25) is 0 Å². The second-order valence-electron chi connectivity index (χ2n) is 8.14. The Morgan fingerprint density at radius 1 is 1.17 bits per heavy atom. The van der Waals surface area contributed by atoms with Crippen LogP contribution < -0.4 is 5.32 Å². The molecule has 0 saturated carbocycles. The van der Waals surface area contributed by atoms with Crippen molar-refractivity contribution in [3.63, 3.8) is 0 Å². The molecule has 0 radical (unpaired) electrons. The number of pyridine rings is 1. The second kappa shape index (κ2) is 11.6. The third-order valence-electron chi connectivity index (χ3n) is 4.84. The molecule has 1 amide bonds. The molecule has 9 nitrogen and oxygen atoms in total. The summed E-state index contributed by atoms with van der Waals surface area (Å²) in [5.74, 6) is -2.42. The Hall–Kier alpha value is -2.96. The minimum absolute atomic E-state index is 0.0681. The summed E-state index contributed by atoms with van der Waals surface area (Å²) in [5, 5.41) is 0.810. The lowest BCUT2D eigenvalue weighted by Gasteiger charge is -2.15. The highest BCUT2D eigenvalue weighted by molar-refractivity contribution is 7.92. The van der Waals surface area contributed by atoms with E-state index in [2.05, 4.69) is 15.3 Å². The van der Waals surface area contributed by atoms with Crippen LogP contribution in [0.25, 0.3) is 21.3 Å². The van der Waals surface area contributed by atoms with Gasteiger partial charge in [0.2, 0.25) is 11.9 Å². The molecule has 35 heavy (non-hydrogen) atoms. The van der Waals surface area contributed by atoms with Crippen molar-refractivity contribution < 1.29 is 31.9 Å². The zero-order valence-electron chi connectivity index (χ0n) is 19.5. The third-order valence-corrected chi connectivity index (χ3v) is 7.97. The van der Waals surface area contributed by atoms with Crippen molar-refractivity contribution >= 4 is 43.3 Å². The quantitative estimate of drug-likeness (QED) is 0.301. The Kier molecular flexibility index (Phi) is 8.87. The Morgan fingerprint density at radius 2 is 1.91 bits per heavy atom. The molecule has 1 unspecified atom stereocenters. The minimum atomic E-state index is -4.02. The standard InChI is InChI=1S/C23H26FN3O6S2/c1-14(2)13-33-20(28)12-26-22(29)21(35(30,31)9-8-32-3)23-27-17-6-4-15(10-18(17)34-23)16-5-7-19(24)25-11-16/h4-7,10-11,14,21H,8-9,12-13H2,1-3H3,(H,26,29). The number of amides is 1. The van der Waals surface area contributed by atoms with Crippen LogP contribution >= 0.6 is 11.3 Å². The van der Waals surface area contributed by atoms with E-state index in [4.69, 9.17) is 9.47 Å². The van der Waals surface area contributed by atoms with E-state index in [1.807, 2.05) is 13.8 Å². The maximum absolute atomic E-state index is 13.2. The van der Waals surface area contributed by atoms with E-state index in [-0.39, 0.29) is 24.1 Å². The molecule has 3 rings (SSSR count). The Labute approximate surface area is 206 Å². The van der Waals surface area contributed by atoms with Gasteiger partial charge in [-0.1, -0.05) is 19.9 Å². The van der Waals surface area contributed by atoms with Gasteiger partial charge in [-0.3, -0.25) is 9.59 Å². The highest BCUT2D eigenvalue weighted by Crippen LogP contribution is 2.34. The Balaban J connectivity index is 1.90. The number of hydrogen-bond donors (Lipinski definition) is 1. The second-order valence-corrected chi connectivity index (χ2v) is 11.4. The monoisotopic (exact) mass is 523 g/mol. The molecule has 0 aliphatic carbocycles.